The van der Waals surface area contributed by atoms with Gasteiger partial charge in [-0.15, -0.1) is 0 Å². The molecule has 146 valence electrons. The Balaban J connectivity index is 1.36. The average Bonchev–Trinajstić information content (AvgIpc) is 3.43. The maximum atomic E-state index is 12.6. The average molecular weight is 389 g/mol. The molecule has 1 aliphatic heterocycles. The summed E-state index contributed by atoms with van der Waals surface area (Å²) in [6, 6.07) is 4.49. The molecule has 2 aromatic heterocycles. The first kappa shape index (κ1) is 18.5. The largest absolute Gasteiger partial charge is 0.476 e. The van der Waals surface area contributed by atoms with Crippen LogP contribution in [-0.2, 0) is 6.18 Å². The van der Waals surface area contributed by atoms with Crippen LogP contribution in [0.5, 0.6) is 5.88 Å². The molecule has 6 nitrogen and oxygen atoms in total. The molecule has 0 radical (unpaired) electrons. The van der Waals surface area contributed by atoms with Crippen molar-refractivity contribution in [1.82, 2.24) is 15.0 Å². The summed E-state index contributed by atoms with van der Waals surface area (Å²) in [5.41, 5.74) is 0.0760. The number of ether oxygens (including phenoxy) is 1. The number of halogens is 3. The van der Waals surface area contributed by atoms with Gasteiger partial charge in [0, 0.05) is 24.9 Å². The van der Waals surface area contributed by atoms with Crippen LogP contribution in [0.15, 0.2) is 24.5 Å². The summed E-state index contributed by atoms with van der Waals surface area (Å²) >= 11 is 0. The maximum absolute atomic E-state index is 12.6. The Morgan fingerprint density at radius 3 is 2.64 bits per heavy atom. The Hall–Kier alpha value is -2.89. The van der Waals surface area contributed by atoms with E-state index < -0.39 is 11.9 Å². The molecule has 2 fully saturated rings. The summed E-state index contributed by atoms with van der Waals surface area (Å²) in [6.07, 6.45) is 1.28. The van der Waals surface area contributed by atoms with Gasteiger partial charge in [-0.3, -0.25) is 0 Å². The van der Waals surface area contributed by atoms with E-state index in [4.69, 9.17) is 4.74 Å². The number of nitriles is 1. The molecule has 1 atom stereocenters. The number of anilines is 1. The molecule has 0 aromatic carbocycles. The van der Waals surface area contributed by atoms with E-state index in [9.17, 15) is 18.4 Å². The van der Waals surface area contributed by atoms with Crippen molar-refractivity contribution in [3.05, 3.63) is 41.6 Å². The number of aromatic nitrogens is 3. The maximum Gasteiger partial charge on any atom is 0.433 e. The SMILES string of the molecule is N#Cc1cnc(C2CC2)nc1OC[C@@H]1CCN(c2ccc(C(F)(F)F)nc2)C1. The lowest BCUT2D eigenvalue weighted by atomic mass is 10.1. The molecular formula is C19H18F3N5O. The highest BCUT2D eigenvalue weighted by Gasteiger charge is 2.33. The lowest BCUT2D eigenvalue weighted by Gasteiger charge is -2.19. The standard InChI is InChI=1S/C19H18F3N5O/c20-19(21,22)16-4-3-15(9-24-16)27-6-5-12(10-27)11-28-18-14(7-23)8-25-17(26-18)13-1-2-13/h3-4,8-9,12-13H,1-2,5-6,10-11H2/t12-/m1/s1. The zero-order valence-electron chi connectivity index (χ0n) is 15.0. The Morgan fingerprint density at radius 1 is 1.18 bits per heavy atom. The van der Waals surface area contributed by atoms with Crippen molar-refractivity contribution in [1.29, 1.82) is 5.26 Å². The number of pyridine rings is 1. The smallest absolute Gasteiger partial charge is 0.433 e. The normalized spacial score (nSPS) is 19.5. The molecule has 1 aliphatic carbocycles. The molecule has 0 unspecified atom stereocenters. The van der Waals surface area contributed by atoms with E-state index in [1.54, 1.807) is 0 Å². The fraction of sp³-hybridized carbons (Fsp3) is 0.474. The Bertz CT molecular complexity index is 890. The van der Waals surface area contributed by atoms with Gasteiger partial charge in [-0.05, 0) is 31.4 Å². The molecule has 0 N–H and O–H groups in total. The first-order chi connectivity index (χ1) is 13.4. The molecule has 3 heterocycles. The van der Waals surface area contributed by atoms with Crippen molar-refractivity contribution in [2.75, 3.05) is 24.6 Å². The highest BCUT2D eigenvalue weighted by Crippen LogP contribution is 2.38. The Kier molecular flexibility index (Phi) is 4.79. The highest BCUT2D eigenvalue weighted by atomic mass is 19.4. The quantitative estimate of drug-likeness (QED) is 0.779. The number of hydrogen-bond acceptors (Lipinski definition) is 6. The van der Waals surface area contributed by atoms with Crippen LogP contribution in [0.3, 0.4) is 0 Å². The van der Waals surface area contributed by atoms with Crippen molar-refractivity contribution in [3.8, 4) is 11.9 Å². The minimum absolute atomic E-state index is 0.188. The molecule has 1 saturated carbocycles. The van der Waals surface area contributed by atoms with Crippen LogP contribution in [-0.4, -0.2) is 34.6 Å². The second kappa shape index (κ2) is 7.26. The van der Waals surface area contributed by atoms with Crippen LogP contribution in [0.1, 0.15) is 42.3 Å². The Morgan fingerprint density at radius 2 is 2.00 bits per heavy atom. The first-order valence-electron chi connectivity index (χ1n) is 9.12. The molecule has 2 aromatic rings. The van der Waals surface area contributed by atoms with E-state index >= 15 is 0 Å². The van der Waals surface area contributed by atoms with Crippen molar-refractivity contribution < 1.29 is 17.9 Å². The Labute approximate surface area is 160 Å². The molecule has 0 bridgehead atoms. The summed E-state index contributed by atoms with van der Waals surface area (Å²) in [5, 5.41) is 9.22. The molecule has 1 saturated heterocycles. The molecule has 9 heteroatoms. The number of rotatable bonds is 5. The molecule has 0 amide bonds. The zero-order chi connectivity index (χ0) is 19.7. The third kappa shape index (κ3) is 4.01. The van der Waals surface area contributed by atoms with Gasteiger partial charge in [0.25, 0.3) is 0 Å². The number of alkyl halides is 3. The summed E-state index contributed by atoms with van der Waals surface area (Å²) < 4.78 is 43.7. The van der Waals surface area contributed by atoms with Gasteiger partial charge in [-0.25, -0.2) is 9.97 Å². The fourth-order valence-electron chi connectivity index (χ4n) is 3.24. The van der Waals surface area contributed by atoms with E-state index in [0.717, 1.165) is 31.2 Å². The third-order valence-corrected chi connectivity index (χ3v) is 4.98. The topological polar surface area (TPSA) is 74.9 Å². The van der Waals surface area contributed by atoms with Gasteiger partial charge in [0.2, 0.25) is 5.88 Å². The predicted octanol–water partition coefficient (Wildman–Crippen LogP) is 3.54. The molecule has 0 spiro atoms. The van der Waals surface area contributed by atoms with E-state index in [1.165, 1.54) is 18.5 Å². The van der Waals surface area contributed by atoms with Crippen molar-refractivity contribution in [3.63, 3.8) is 0 Å². The lowest BCUT2D eigenvalue weighted by molar-refractivity contribution is -0.141. The number of nitrogens with zero attached hydrogens (tertiary/aromatic N) is 5. The number of hydrogen-bond donors (Lipinski definition) is 0. The molecule has 28 heavy (non-hydrogen) atoms. The molecule has 4 rings (SSSR count). The van der Waals surface area contributed by atoms with Crippen LogP contribution < -0.4 is 9.64 Å². The molecular weight excluding hydrogens is 371 g/mol. The van der Waals surface area contributed by atoms with Crippen molar-refractivity contribution in [2.45, 2.75) is 31.4 Å². The van der Waals surface area contributed by atoms with Crippen molar-refractivity contribution >= 4 is 5.69 Å². The van der Waals surface area contributed by atoms with Gasteiger partial charge >= 0.3 is 6.18 Å². The van der Waals surface area contributed by atoms with Crippen LogP contribution in [0.2, 0.25) is 0 Å². The minimum Gasteiger partial charge on any atom is -0.476 e. The summed E-state index contributed by atoms with van der Waals surface area (Å²) in [4.78, 5) is 14.1. The summed E-state index contributed by atoms with van der Waals surface area (Å²) in [6.45, 7) is 1.75. The second-order valence-corrected chi connectivity index (χ2v) is 7.14. The third-order valence-electron chi connectivity index (χ3n) is 4.98. The van der Waals surface area contributed by atoms with E-state index in [2.05, 4.69) is 15.0 Å². The van der Waals surface area contributed by atoms with Crippen LogP contribution in [0, 0.1) is 17.2 Å². The monoisotopic (exact) mass is 389 g/mol. The van der Waals surface area contributed by atoms with E-state index in [0.29, 0.717) is 42.7 Å². The lowest BCUT2D eigenvalue weighted by Crippen LogP contribution is -2.22. The predicted molar refractivity (Wildman–Crippen MR) is 93.8 cm³/mol. The summed E-state index contributed by atoms with van der Waals surface area (Å²) in [5.74, 6) is 1.59. The van der Waals surface area contributed by atoms with E-state index in [1.807, 2.05) is 11.0 Å². The van der Waals surface area contributed by atoms with Crippen LogP contribution >= 0.6 is 0 Å². The van der Waals surface area contributed by atoms with Crippen LogP contribution in [0.25, 0.3) is 0 Å². The van der Waals surface area contributed by atoms with E-state index in [-0.39, 0.29) is 5.92 Å². The zero-order valence-corrected chi connectivity index (χ0v) is 15.0. The van der Waals surface area contributed by atoms with Gasteiger partial charge < -0.3 is 9.64 Å². The van der Waals surface area contributed by atoms with Crippen LogP contribution in [0.4, 0.5) is 18.9 Å². The van der Waals surface area contributed by atoms with Gasteiger partial charge in [-0.2, -0.15) is 23.4 Å². The molecule has 2 aliphatic rings. The van der Waals surface area contributed by atoms with Gasteiger partial charge in [-0.1, -0.05) is 0 Å². The first-order valence-corrected chi connectivity index (χ1v) is 9.12. The summed E-state index contributed by atoms with van der Waals surface area (Å²) in [7, 11) is 0. The second-order valence-electron chi connectivity index (χ2n) is 7.14. The van der Waals surface area contributed by atoms with Gasteiger partial charge in [0.05, 0.1) is 24.7 Å². The minimum atomic E-state index is -4.44. The fourth-order valence-corrected chi connectivity index (χ4v) is 3.24. The van der Waals surface area contributed by atoms with Gasteiger partial charge in [0.1, 0.15) is 23.2 Å². The highest BCUT2D eigenvalue weighted by molar-refractivity contribution is 5.46. The van der Waals surface area contributed by atoms with Crippen molar-refractivity contribution in [2.24, 2.45) is 5.92 Å². The van der Waals surface area contributed by atoms with Gasteiger partial charge in [0.15, 0.2) is 0 Å².